The van der Waals surface area contributed by atoms with E-state index >= 15 is 0 Å². The lowest BCUT2D eigenvalue weighted by molar-refractivity contribution is -0.142. The number of benzene rings is 2. The van der Waals surface area contributed by atoms with Gasteiger partial charge in [-0.1, -0.05) is 75.2 Å². The Kier molecular flexibility index (Phi) is 9.41. The maximum atomic E-state index is 13.3. The molecule has 0 saturated carbocycles. The van der Waals surface area contributed by atoms with Crippen molar-refractivity contribution < 1.29 is 14.3 Å². The van der Waals surface area contributed by atoms with Crippen molar-refractivity contribution in [1.29, 1.82) is 0 Å². The van der Waals surface area contributed by atoms with E-state index in [4.69, 9.17) is 27.9 Å². The van der Waals surface area contributed by atoms with Crippen LogP contribution in [-0.4, -0.2) is 35.9 Å². The molecular formula is C25H32Cl2N2O3. The molecule has 0 heterocycles. The number of carbonyl (C=O) groups is 2. The van der Waals surface area contributed by atoms with E-state index in [-0.39, 0.29) is 30.4 Å². The molecule has 0 radical (unpaired) electrons. The van der Waals surface area contributed by atoms with E-state index in [1.165, 1.54) is 4.90 Å². The number of para-hydroxylation sites is 1. The van der Waals surface area contributed by atoms with Crippen molar-refractivity contribution in [1.82, 2.24) is 10.2 Å². The van der Waals surface area contributed by atoms with Crippen LogP contribution in [0.2, 0.25) is 10.0 Å². The molecule has 1 N–H and O–H groups in total. The average Bonchev–Trinajstić information content (AvgIpc) is 2.74. The lowest BCUT2D eigenvalue weighted by atomic mass is 9.86. The Morgan fingerprint density at radius 2 is 1.69 bits per heavy atom. The molecule has 2 rings (SSSR count). The SMILES string of the molecule is CCCNC(=O)C(C)N(Cc1c(Cl)cccc1Cl)C(=O)COc1ccccc1C(C)(C)C. The highest BCUT2D eigenvalue weighted by Crippen LogP contribution is 2.31. The summed E-state index contributed by atoms with van der Waals surface area (Å²) in [7, 11) is 0. The molecule has 1 unspecified atom stereocenters. The zero-order valence-corrected chi connectivity index (χ0v) is 20.9. The molecule has 1 atom stereocenters. The topological polar surface area (TPSA) is 58.6 Å². The van der Waals surface area contributed by atoms with Crippen LogP contribution in [0.3, 0.4) is 0 Å². The van der Waals surface area contributed by atoms with E-state index in [2.05, 4.69) is 26.1 Å². The van der Waals surface area contributed by atoms with Crippen molar-refractivity contribution in [3.05, 3.63) is 63.6 Å². The predicted octanol–water partition coefficient (Wildman–Crippen LogP) is 5.61. The van der Waals surface area contributed by atoms with Gasteiger partial charge in [-0.25, -0.2) is 0 Å². The fourth-order valence-electron chi connectivity index (χ4n) is 3.27. The van der Waals surface area contributed by atoms with Gasteiger partial charge in [0.15, 0.2) is 6.61 Å². The van der Waals surface area contributed by atoms with Crippen LogP contribution in [0.15, 0.2) is 42.5 Å². The highest BCUT2D eigenvalue weighted by atomic mass is 35.5. The summed E-state index contributed by atoms with van der Waals surface area (Å²) in [5.41, 5.74) is 1.45. The lowest BCUT2D eigenvalue weighted by Gasteiger charge is -2.30. The number of rotatable bonds is 9. The first kappa shape index (κ1) is 26.0. The Labute approximate surface area is 201 Å². The highest BCUT2D eigenvalue weighted by molar-refractivity contribution is 6.36. The van der Waals surface area contributed by atoms with Crippen molar-refractivity contribution >= 4 is 35.0 Å². The van der Waals surface area contributed by atoms with Gasteiger partial charge in [0.2, 0.25) is 5.91 Å². The van der Waals surface area contributed by atoms with E-state index in [9.17, 15) is 9.59 Å². The van der Waals surface area contributed by atoms with Gasteiger partial charge in [-0.15, -0.1) is 0 Å². The second-order valence-corrected chi connectivity index (χ2v) is 9.54. The number of hydrogen-bond donors (Lipinski definition) is 1. The Hall–Kier alpha value is -2.24. The maximum Gasteiger partial charge on any atom is 0.261 e. The minimum Gasteiger partial charge on any atom is -0.483 e. The molecule has 32 heavy (non-hydrogen) atoms. The first-order valence-electron chi connectivity index (χ1n) is 10.8. The Morgan fingerprint density at radius 1 is 1.06 bits per heavy atom. The van der Waals surface area contributed by atoms with Crippen molar-refractivity contribution in [2.45, 2.75) is 59.0 Å². The fourth-order valence-corrected chi connectivity index (χ4v) is 3.78. The molecular weight excluding hydrogens is 447 g/mol. The summed E-state index contributed by atoms with van der Waals surface area (Å²) in [5.74, 6) is 0.0782. The molecule has 5 nitrogen and oxygen atoms in total. The van der Waals surface area contributed by atoms with Crippen LogP contribution >= 0.6 is 23.2 Å². The van der Waals surface area contributed by atoms with Gasteiger partial charge in [-0.2, -0.15) is 0 Å². The van der Waals surface area contributed by atoms with Gasteiger partial charge in [-0.05, 0) is 42.5 Å². The van der Waals surface area contributed by atoms with Gasteiger partial charge in [0.1, 0.15) is 11.8 Å². The zero-order valence-electron chi connectivity index (χ0n) is 19.4. The Morgan fingerprint density at radius 3 is 2.28 bits per heavy atom. The molecule has 0 aliphatic heterocycles. The van der Waals surface area contributed by atoms with E-state index in [0.717, 1.165) is 12.0 Å². The molecule has 7 heteroatoms. The minimum atomic E-state index is -0.720. The van der Waals surface area contributed by atoms with Crippen LogP contribution in [0.1, 0.15) is 52.2 Å². The number of nitrogens with one attached hydrogen (secondary N) is 1. The number of halogens is 2. The van der Waals surface area contributed by atoms with Crippen LogP contribution < -0.4 is 10.1 Å². The van der Waals surface area contributed by atoms with Gasteiger partial charge in [0, 0.05) is 28.7 Å². The van der Waals surface area contributed by atoms with Crippen LogP contribution in [0.5, 0.6) is 5.75 Å². The monoisotopic (exact) mass is 478 g/mol. The van der Waals surface area contributed by atoms with Crippen LogP contribution in [0, 0.1) is 0 Å². The van der Waals surface area contributed by atoms with Gasteiger partial charge in [0.05, 0.1) is 0 Å². The summed E-state index contributed by atoms with van der Waals surface area (Å²) in [6.07, 6.45) is 0.801. The summed E-state index contributed by atoms with van der Waals surface area (Å²) in [6, 6.07) is 12.1. The van der Waals surface area contributed by atoms with E-state index < -0.39 is 6.04 Å². The molecule has 2 amide bonds. The normalized spacial score (nSPS) is 12.2. The van der Waals surface area contributed by atoms with Gasteiger partial charge >= 0.3 is 0 Å². The molecule has 0 saturated heterocycles. The summed E-state index contributed by atoms with van der Waals surface area (Å²) in [4.78, 5) is 27.4. The summed E-state index contributed by atoms with van der Waals surface area (Å²) >= 11 is 12.7. The molecule has 0 aromatic heterocycles. The Bertz CT molecular complexity index is 921. The first-order valence-corrected chi connectivity index (χ1v) is 11.5. The number of ether oxygens (including phenoxy) is 1. The summed E-state index contributed by atoms with van der Waals surface area (Å²) in [6.45, 7) is 10.3. The summed E-state index contributed by atoms with van der Waals surface area (Å²) < 4.78 is 5.93. The molecule has 0 aliphatic carbocycles. The quantitative estimate of drug-likeness (QED) is 0.509. The van der Waals surface area contributed by atoms with Crippen LogP contribution in [0.4, 0.5) is 0 Å². The van der Waals surface area contributed by atoms with Gasteiger partial charge in [-0.3, -0.25) is 9.59 Å². The van der Waals surface area contributed by atoms with Crippen LogP contribution in [-0.2, 0) is 21.5 Å². The smallest absolute Gasteiger partial charge is 0.261 e. The minimum absolute atomic E-state index is 0.0995. The second kappa shape index (κ2) is 11.6. The molecule has 0 bridgehead atoms. The van der Waals surface area contributed by atoms with Gasteiger partial charge < -0.3 is 15.0 Å². The fraction of sp³-hybridized carbons (Fsp3) is 0.440. The molecule has 2 aromatic rings. The maximum absolute atomic E-state index is 13.3. The molecule has 0 spiro atoms. The Balaban J connectivity index is 2.27. The molecule has 2 aromatic carbocycles. The van der Waals surface area contributed by atoms with Crippen molar-refractivity contribution in [3.63, 3.8) is 0 Å². The third kappa shape index (κ3) is 6.88. The number of nitrogens with zero attached hydrogens (tertiary/aromatic N) is 1. The molecule has 0 fully saturated rings. The third-order valence-corrected chi connectivity index (χ3v) is 5.86. The average molecular weight is 479 g/mol. The van der Waals surface area contributed by atoms with Crippen molar-refractivity contribution in [2.24, 2.45) is 0 Å². The number of amides is 2. The molecule has 0 aliphatic rings. The third-order valence-electron chi connectivity index (χ3n) is 5.15. The second-order valence-electron chi connectivity index (χ2n) is 8.72. The van der Waals surface area contributed by atoms with E-state index in [1.807, 2.05) is 31.2 Å². The number of hydrogen-bond acceptors (Lipinski definition) is 3. The van der Waals surface area contributed by atoms with Gasteiger partial charge in [0.25, 0.3) is 5.91 Å². The van der Waals surface area contributed by atoms with Crippen molar-refractivity contribution in [2.75, 3.05) is 13.2 Å². The lowest BCUT2D eigenvalue weighted by Crippen LogP contribution is -2.49. The first-order chi connectivity index (χ1) is 15.1. The summed E-state index contributed by atoms with van der Waals surface area (Å²) in [5, 5.41) is 3.73. The van der Waals surface area contributed by atoms with Crippen molar-refractivity contribution in [3.8, 4) is 5.75 Å². The standard InChI is InChI=1S/C25H32Cl2N2O3/c1-6-14-28-24(31)17(2)29(15-18-20(26)11-9-12-21(18)27)23(30)16-32-22-13-8-7-10-19(22)25(3,4)5/h7-13,17H,6,14-16H2,1-5H3,(H,28,31). The predicted molar refractivity (Wildman–Crippen MR) is 130 cm³/mol. The molecule has 174 valence electrons. The van der Waals surface area contributed by atoms with E-state index in [1.54, 1.807) is 25.1 Å². The van der Waals surface area contributed by atoms with E-state index in [0.29, 0.717) is 27.9 Å². The van der Waals surface area contributed by atoms with Crippen LogP contribution in [0.25, 0.3) is 0 Å². The zero-order chi connectivity index (χ0) is 23.9. The largest absolute Gasteiger partial charge is 0.483 e. The number of carbonyl (C=O) groups excluding carboxylic acids is 2. The highest BCUT2D eigenvalue weighted by Gasteiger charge is 2.28.